The van der Waals surface area contributed by atoms with Gasteiger partial charge in [0.25, 0.3) is 0 Å². The maximum Gasteiger partial charge on any atom is 0.246 e. The molecule has 0 spiro atoms. The highest BCUT2D eigenvalue weighted by Gasteiger charge is 2.25. The van der Waals surface area contributed by atoms with E-state index >= 15 is 0 Å². The van der Waals surface area contributed by atoms with Crippen molar-refractivity contribution in [2.75, 3.05) is 27.8 Å². The predicted molar refractivity (Wildman–Crippen MR) is 37.9 cm³/mol. The molecule has 0 radical (unpaired) electrons. The Morgan fingerprint density at radius 1 is 1.70 bits per heavy atom. The fourth-order valence-electron chi connectivity index (χ4n) is 0.847. The number of oxime groups is 1. The zero-order chi connectivity index (χ0) is 7.56. The van der Waals surface area contributed by atoms with E-state index in [0.29, 0.717) is 12.5 Å². The van der Waals surface area contributed by atoms with Crippen LogP contribution in [-0.2, 0) is 9.57 Å². The molecule has 0 saturated heterocycles. The van der Waals surface area contributed by atoms with Gasteiger partial charge in [-0.1, -0.05) is 5.16 Å². The van der Waals surface area contributed by atoms with Crippen molar-refractivity contribution in [3.63, 3.8) is 0 Å². The highest BCUT2D eigenvalue weighted by molar-refractivity contribution is 5.82. The molecule has 4 heteroatoms. The quantitative estimate of drug-likeness (QED) is 0.515. The van der Waals surface area contributed by atoms with E-state index in [0.717, 1.165) is 0 Å². The molecule has 1 aliphatic rings. The van der Waals surface area contributed by atoms with E-state index in [-0.39, 0.29) is 6.04 Å². The average molecular weight is 144 g/mol. The number of methoxy groups -OCH3 is 1. The second kappa shape index (κ2) is 2.88. The Labute approximate surface area is 60.4 Å². The number of hydrogen-bond acceptors (Lipinski definition) is 4. The van der Waals surface area contributed by atoms with Gasteiger partial charge in [-0.15, -0.1) is 0 Å². The SMILES string of the molecule is COC1=NOCC1N(C)C. The third kappa shape index (κ3) is 1.21. The summed E-state index contributed by atoms with van der Waals surface area (Å²) in [6.07, 6.45) is 0. The molecular weight excluding hydrogens is 132 g/mol. The Morgan fingerprint density at radius 2 is 2.40 bits per heavy atom. The van der Waals surface area contributed by atoms with Crippen LogP contribution in [0.5, 0.6) is 0 Å². The fraction of sp³-hybridized carbons (Fsp3) is 0.833. The molecule has 10 heavy (non-hydrogen) atoms. The average Bonchev–Trinajstić information content (AvgIpc) is 2.33. The number of ether oxygens (including phenoxy) is 1. The van der Waals surface area contributed by atoms with E-state index in [4.69, 9.17) is 9.57 Å². The van der Waals surface area contributed by atoms with Crippen LogP contribution in [0.4, 0.5) is 0 Å². The Kier molecular flexibility index (Phi) is 2.11. The van der Waals surface area contributed by atoms with E-state index in [9.17, 15) is 0 Å². The summed E-state index contributed by atoms with van der Waals surface area (Å²) in [6, 6.07) is 0.185. The lowest BCUT2D eigenvalue weighted by Gasteiger charge is -2.16. The van der Waals surface area contributed by atoms with Crippen LogP contribution in [0.25, 0.3) is 0 Å². The minimum absolute atomic E-state index is 0.185. The molecule has 1 rings (SSSR count). The van der Waals surface area contributed by atoms with Crippen molar-refractivity contribution in [2.45, 2.75) is 6.04 Å². The predicted octanol–water partition coefficient (Wildman–Crippen LogP) is -0.0933. The summed E-state index contributed by atoms with van der Waals surface area (Å²) in [7, 11) is 5.53. The number of likely N-dealkylation sites (N-methyl/N-ethyl adjacent to an activating group) is 1. The van der Waals surface area contributed by atoms with Crippen LogP contribution < -0.4 is 0 Å². The highest BCUT2D eigenvalue weighted by atomic mass is 16.7. The highest BCUT2D eigenvalue weighted by Crippen LogP contribution is 2.06. The lowest BCUT2D eigenvalue weighted by atomic mass is 10.3. The third-order valence-electron chi connectivity index (χ3n) is 1.50. The van der Waals surface area contributed by atoms with Gasteiger partial charge in [0.1, 0.15) is 12.6 Å². The topological polar surface area (TPSA) is 34.1 Å². The first-order valence-electron chi connectivity index (χ1n) is 3.16. The van der Waals surface area contributed by atoms with Crippen LogP contribution in [0.15, 0.2) is 5.16 Å². The molecule has 1 atom stereocenters. The van der Waals surface area contributed by atoms with Gasteiger partial charge in [-0.05, 0) is 14.1 Å². The van der Waals surface area contributed by atoms with Crippen molar-refractivity contribution >= 4 is 5.90 Å². The fourth-order valence-corrected chi connectivity index (χ4v) is 0.847. The maximum atomic E-state index is 4.97. The molecule has 0 aromatic heterocycles. The molecule has 0 aromatic carbocycles. The summed E-state index contributed by atoms with van der Waals surface area (Å²) in [4.78, 5) is 6.85. The maximum absolute atomic E-state index is 4.97. The monoisotopic (exact) mass is 144 g/mol. The van der Waals surface area contributed by atoms with Crippen molar-refractivity contribution in [3.05, 3.63) is 0 Å². The summed E-state index contributed by atoms with van der Waals surface area (Å²) < 4.78 is 4.97. The Balaban J connectivity index is 2.54. The summed E-state index contributed by atoms with van der Waals surface area (Å²) in [5.74, 6) is 0.657. The number of rotatable bonds is 1. The molecule has 0 aliphatic carbocycles. The summed E-state index contributed by atoms with van der Waals surface area (Å²) >= 11 is 0. The van der Waals surface area contributed by atoms with Gasteiger partial charge in [-0.25, -0.2) is 0 Å². The van der Waals surface area contributed by atoms with Crippen molar-refractivity contribution in [1.29, 1.82) is 0 Å². The zero-order valence-corrected chi connectivity index (χ0v) is 6.50. The molecule has 58 valence electrons. The second-order valence-electron chi connectivity index (χ2n) is 2.41. The standard InChI is InChI=1S/C6H12N2O2/c1-8(2)5-4-10-7-6(5)9-3/h5H,4H2,1-3H3. The van der Waals surface area contributed by atoms with Crippen LogP contribution in [0.2, 0.25) is 0 Å². The van der Waals surface area contributed by atoms with E-state index in [1.807, 2.05) is 19.0 Å². The van der Waals surface area contributed by atoms with E-state index in [1.54, 1.807) is 7.11 Å². The van der Waals surface area contributed by atoms with Crippen LogP contribution in [0.3, 0.4) is 0 Å². The molecule has 1 heterocycles. The minimum Gasteiger partial charge on any atom is -0.481 e. The summed E-state index contributed by atoms with van der Waals surface area (Å²) in [6.45, 7) is 0.593. The van der Waals surface area contributed by atoms with Gasteiger partial charge in [-0.2, -0.15) is 0 Å². The first-order chi connectivity index (χ1) is 4.75. The zero-order valence-electron chi connectivity index (χ0n) is 6.50. The molecule has 0 aromatic rings. The number of nitrogens with zero attached hydrogens (tertiary/aromatic N) is 2. The Hall–Kier alpha value is -0.770. The molecule has 0 N–H and O–H groups in total. The molecule has 1 aliphatic heterocycles. The van der Waals surface area contributed by atoms with Crippen LogP contribution >= 0.6 is 0 Å². The lowest BCUT2D eigenvalue weighted by Crippen LogP contribution is -2.36. The van der Waals surface area contributed by atoms with Crippen molar-refractivity contribution < 1.29 is 9.57 Å². The Bertz CT molecular complexity index is 145. The van der Waals surface area contributed by atoms with Gasteiger partial charge >= 0.3 is 0 Å². The minimum atomic E-state index is 0.185. The van der Waals surface area contributed by atoms with Crippen LogP contribution in [-0.4, -0.2) is 44.7 Å². The molecule has 0 amide bonds. The van der Waals surface area contributed by atoms with E-state index in [1.165, 1.54) is 0 Å². The van der Waals surface area contributed by atoms with Gasteiger partial charge < -0.3 is 9.57 Å². The van der Waals surface area contributed by atoms with Crippen LogP contribution in [0.1, 0.15) is 0 Å². The lowest BCUT2D eigenvalue weighted by molar-refractivity contribution is 0.138. The molecular formula is C6H12N2O2. The van der Waals surface area contributed by atoms with E-state index < -0.39 is 0 Å². The van der Waals surface area contributed by atoms with Crippen molar-refractivity contribution in [3.8, 4) is 0 Å². The molecule has 0 bridgehead atoms. The molecule has 0 fully saturated rings. The van der Waals surface area contributed by atoms with Gasteiger partial charge in [0.05, 0.1) is 7.11 Å². The molecule has 1 unspecified atom stereocenters. The van der Waals surface area contributed by atoms with Gasteiger partial charge in [0, 0.05) is 0 Å². The largest absolute Gasteiger partial charge is 0.481 e. The van der Waals surface area contributed by atoms with Crippen molar-refractivity contribution in [2.24, 2.45) is 5.16 Å². The summed E-state index contributed by atoms with van der Waals surface area (Å²) in [5.41, 5.74) is 0. The summed E-state index contributed by atoms with van der Waals surface area (Å²) in [5, 5.41) is 3.71. The van der Waals surface area contributed by atoms with Gasteiger partial charge in [-0.3, -0.25) is 4.90 Å². The first kappa shape index (κ1) is 7.34. The molecule has 0 saturated carbocycles. The third-order valence-corrected chi connectivity index (χ3v) is 1.50. The van der Waals surface area contributed by atoms with Gasteiger partial charge in [0.2, 0.25) is 5.90 Å². The Morgan fingerprint density at radius 3 is 2.80 bits per heavy atom. The van der Waals surface area contributed by atoms with Gasteiger partial charge in [0.15, 0.2) is 0 Å². The van der Waals surface area contributed by atoms with Crippen LogP contribution in [0, 0.1) is 0 Å². The van der Waals surface area contributed by atoms with Crippen molar-refractivity contribution in [1.82, 2.24) is 4.90 Å². The number of hydrogen-bond donors (Lipinski definition) is 0. The first-order valence-corrected chi connectivity index (χ1v) is 3.16. The molecule has 4 nitrogen and oxygen atoms in total. The smallest absolute Gasteiger partial charge is 0.246 e. The second-order valence-corrected chi connectivity index (χ2v) is 2.41. The van der Waals surface area contributed by atoms with E-state index in [2.05, 4.69) is 5.16 Å². The normalized spacial score (nSPS) is 24.4.